The van der Waals surface area contributed by atoms with E-state index in [0.717, 1.165) is 17.5 Å². The molecule has 2 aromatic heterocycles. The first-order valence-corrected chi connectivity index (χ1v) is 9.79. The van der Waals surface area contributed by atoms with Crippen LogP contribution in [0.5, 0.6) is 0 Å². The molecule has 7 heteroatoms. The molecule has 0 aliphatic carbocycles. The number of pyridine rings is 1. The first kappa shape index (κ1) is 20.8. The summed E-state index contributed by atoms with van der Waals surface area (Å²) in [4.78, 5) is 21.3. The molecule has 0 amide bonds. The molecule has 2 heterocycles. The third-order valence-electron chi connectivity index (χ3n) is 4.06. The van der Waals surface area contributed by atoms with E-state index in [1.807, 2.05) is 34.6 Å². The Morgan fingerprint density at radius 2 is 2.08 bits per heavy atom. The van der Waals surface area contributed by atoms with Crippen molar-refractivity contribution in [1.82, 2.24) is 9.97 Å². The van der Waals surface area contributed by atoms with Crippen molar-refractivity contribution in [3.63, 3.8) is 0 Å². The Hall–Kier alpha value is -1.53. The number of halogens is 2. The molecule has 0 aliphatic heterocycles. The van der Waals surface area contributed by atoms with Gasteiger partial charge in [-0.15, -0.1) is 11.3 Å². The number of carbonyl (C=O) groups is 1. The van der Waals surface area contributed by atoms with Gasteiger partial charge in [0.15, 0.2) is 0 Å². The molecule has 0 aromatic carbocycles. The summed E-state index contributed by atoms with van der Waals surface area (Å²) in [6.45, 7) is 9.64. The molecule has 0 radical (unpaired) electrons. The van der Waals surface area contributed by atoms with E-state index in [2.05, 4.69) is 9.97 Å². The van der Waals surface area contributed by atoms with Crippen LogP contribution in [-0.4, -0.2) is 21.5 Å². The summed E-state index contributed by atoms with van der Waals surface area (Å²) in [7, 11) is 0. The molecule has 2 atom stereocenters. The highest BCUT2D eigenvalue weighted by atomic mass is 35.5. The van der Waals surface area contributed by atoms with Crippen LogP contribution in [0.25, 0.3) is 10.6 Å². The fraction of sp³-hybridized carbons (Fsp3) is 0.526. The van der Waals surface area contributed by atoms with Gasteiger partial charge in [-0.25, -0.2) is 9.37 Å². The fourth-order valence-electron chi connectivity index (χ4n) is 2.73. The third-order valence-corrected chi connectivity index (χ3v) is 5.76. The van der Waals surface area contributed by atoms with Crippen LogP contribution < -0.4 is 0 Å². The molecule has 0 aliphatic rings. The second kappa shape index (κ2) is 8.44. The monoisotopic (exact) mass is 398 g/mol. The second-order valence-corrected chi connectivity index (χ2v) is 8.70. The van der Waals surface area contributed by atoms with Crippen molar-refractivity contribution >= 4 is 28.9 Å². The maximum atomic E-state index is 13.4. The van der Waals surface area contributed by atoms with E-state index in [0.29, 0.717) is 22.1 Å². The normalized spacial score (nSPS) is 14.1. The number of aromatic nitrogens is 2. The summed E-state index contributed by atoms with van der Waals surface area (Å²) in [6.07, 6.45) is 3.84. The Labute approximate surface area is 162 Å². The first-order valence-electron chi connectivity index (χ1n) is 8.59. The summed E-state index contributed by atoms with van der Waals surface area (Å²) in [6, 6.07) is 1.38. The maximum absolute atomic E-state index is 13.4. The van der Waals surface area contributed by atoms with E-state index in [9.17, 15) is 9.18 Å². The highest BCUT2D eigenvalue weighted by Gasteiger charge is 2.27. The number of esters is 1. The lowest BCUT2D eigenvalue weighted by molar-refractivity contribution is -0.156. The van der Waals surface area contributed by atoms with E-state index in [-0.39, 0.29) is 17.8 Å². The van der Waals surface area contributed by atoms with Crippen LogP contribution in [0.4, 0.5) is 4.39 Å². The molecule has 0 saturated carbocycles. The van der Waals surface area contributed by atoms with Gasteiger partial charge in [-0.3, -0.25) is 9.78 Å². The minimum Gasteiger partial charge on any atom is -0.460 e. The van der Waals surface area contributed by atoms with E-state index in [1.165, 1.54) is 17.4 Å². The predicted octanol–water partition coefficient (Wildman–Crippen LogP) is 5.86. The van der Waals surface area contributed by atoms with Gasteiger partial charge >= 0.3 is 5.97 Å². The standard InChI is InChI=1S/C19H24ClFN2O2S/c1-6-12(8-15(24)25-19(3,4)5)11(2)16-17(20)23-18(26-16)13-7-14(21)10-22-9-13/h7,9-12H,6,8H2,1-5H3. The molecule has 0 spiro atoms. The number of rotatable bonds is 6. The lowest BCUT2D eigenvalue weighted by atomic mass is 9.88. The fourth-order valence-corrected chi connectivity index (χ4v) is 4.24. The maximum Gasteiger partial charge on any atom is 0.306 e. The van der Waals surface area contributed by atoms with Gasteiger partial charge in [0, 0.05) is 23.1 Å². The van der Waals surface area contributed by atoms with E-state index < -0.39 is 11.4 Å². The average molecular weight is 399 g/mol. The van der Waals surface area contributed by atoms with Crippen LogP contribution in [0.15, 0.2) is 18.5 Å². The van der Waals surface area contributed by atoms with Gasteiger partial charge in [0.05, 0.1) is 6.20 Å². The van der Waals surface area contributed by atoms with E-state index in [1.54, 1.807) is 6.20 Å². The Kier molecular flexibility index (Phi) is 6.74. The van der Waals surface area contributed by atoms with Gasteiger partial charge in [-0.2, -0.15) is 0 Å². The number of ether oxygens (including phenoxy) is 1. The summed E-state index contributed by atoms with van der Waals surface area (Å²) in [5.41, 5.74) is 0.0914. The number of hydrogen-bond donors (Lipinski definition) is 0. The van der Waals surface area contributed by atoms with Gasteiger partial charge in [-0.05, 0) is 38.7 Å². The summed E-state index contributed by atoms with van der Waals surface area (Å²) >= 11 is 7.75. The number of thiazole rings is 1. The Morgan fingerprint density at radius 1 is 1.38 bits per heavy atom. The number of carbonyl (C=O) groups excluding carboxylic acids is 1. The summed E-state index contributed by atoms with van der Waals surface area (Å²) in [5, 5.41) is 1.01. The van der Waals surface area contributed by atoms with Crippen molar-refractivity contribution in [2.24, 2.45) is 5.92 Å². The van der Waals surface area contributed by atoms with E-state index >= 15 is 0 Å². The van der Waals surface area contributed by atoms with Crippen LogP contribution in [-0.2, 0) is 9.53 Å². The van der Waals surface area contributed by atoms with Crippen molar-refractivity contribution < 1.29 is 13.9 Å². The quantitative estimate of drug-likeness (QED) is 0.572. The van der Waals surface area contributed by atoms with Crippen LogP contribution >= 0.6 is 22.9 Å². The zero-order valence-electron chi connectivity index (χ0n) is 15.7. The van der Waals surface area contributed by atoms with Crippen LogP contribution in [0.1, 0.15) is 58.3 Å². The zero-order chi connectivity index (χ0) is 19.5. The van der Waals surface area contributed by atoms with Gasteiger partial charge < -0.3 is 4.74 Å². The Bertz CT molecular complexity index is 773. The molecule has 0 N–H and O–H groups in total. The lowest BCUT2D eigenvalue weighted by Crippen LogP contribution is -2.26. The number of nitrogens with zero attached hydrogens (tertiary/aromatic N) is 2. The Balaban J connectivity index is 2.19. The highest BCUT2D eigenvalue weighted by Crippen LogP contribution is 2.40. The average Bonchev–Trinajstić information content (AvgIpc) is 2.92. The summed E-state index contributed by atoms with van der Waals surface area (Å²) < 4.78 is 18.9. The molecular formula is C19H24ClFN2O2S. The van der Waals surface area contributed by atoms with E-state index in [4.69, 9.17) is 16.3 Å². The van der Waals surface area contributed by atoms with Crippen molar-refractivity contribution in [3.8, 4) is 10.6 Å². The predicted molar refractivity (Wildman–Crippen MR) is 103 cm³/mol. The molecule has 0 fully saturated rings. The minimum absolute atomic E-state index is 0.0350. The van der Waals surface area contributed by atoms with Crippen molar-refractivity contribution in [1.29, 1.82) is 0 Å². The van der Waals surface area contributed by atoms with Crippen LogP contribution in [0.3, 0.4) is 0 Å². The van der Waals surface area contributed by atoms with Gasteiger partial charge in [-0.1, -0.05) is 31.9 Å². The van der Waals surface area contributed by atoms with Crippen molar-refractivity contribution in [2.45, 2.75) is 59.0 Å². The molecule has 142 valence electrons. The first-order chi connectivity index (χ1) is 12.1. The largest absolute Gasteiger partial charge is 0.460 e. The van der Waals surface area contributed by atoms with Crippen LogP contribution in [0, 0.1) is 11.7 Å². The third kappa shape index (κ3) is 5.48. The molecule has 4 nitrogen and oxygen atoms in total. The molecule has 2 aromatic rings. The molecule has 0 bridgehead atoms. The second-order valence-electron chi connectivity index (χ2n) is 7.31. The van der Waals surface area contributed by atoms with Crippen LogP contribution in [0.2, 0.25) is 5.15 Å². The smallest absolute Gasteiger partial charge is 0.306 e. The number of hydrogen-bond acceptors (Lipinski definition) is 5. The summed E-state index contributed by atoms with van der Waals surface area (Å²) in [5.74, 6) is -0.514. The lowest BCUT2D eigenvalue weighted by Gasteiger charge is -2.24. The molecule has 2 unspecified atom stereocenters. The van der Waals surface area contributed by atoms with Gasteiger partial charge in [0.1, 0.15) is 21.6 Å². The van der Waals surface area contributed by atoms with Crippen molar-refractivity contribution in [3.05, 3.63) is 34.3 Å². The molecule has 2 rings (SSSR count). The topological polar surface area (TPSA) is 52.1 Å². The van der Waals surface area contributed by atoms with Gasteiger partial charge in [0.25, 0.3) is 0 Å². The Morgan fingerprint density at radius 3 is 2.65 bits per heavy atom. The van der Waals surface area contributed by atoms with Gasteiger partial charge in [0.2, 0.25) is 0 Å². The van der Waals surface area contributed by atoms with Crippen molar-refractivity contribution in [2.75, 3.05) is 0 Å². The minimum atomic E-state index is -0.502. The zero-order valence-corrected chi connectivity index (χ0v) is 17.2. The SMILES string of the molecule is CCC(CC(=O)OC(C)(C)C)C(C)c1sc(-c2cncc(F)c2)nc1Cl. The molecule has 26 heavy (non-hydrogen) atoms. The molecular weight excluding hydrogens is 375 g/mol. The highest BCUT2D eigenvalue weighted by molar-refractivity contribution is 7.15. The molecule has 0 saturated heterocycles.